The van der Waals surface area contributed by atoms with Crippen molar-refractivity contribution in [3.63, 3.8) is 0 Å². The number of fused-ring (bicyclic) bond motifs is 1. The molecule has 0 aliphatic carbocycles. The molecular formula is C31H28N2O3S. The predicted octanol–water partition coefficient (Wildman–Crippen LogP) is 6.01. The van der Waals surface area contributed by atoms with Crippen LogP contribution >= 0.6 is 0 Å². The van der Waals surface area contributed by atoms with Crippen LogP contribution in [0.1, 0.15) is 16.7 Å². The van der Waals surface area contributed by atoms with Crippen LogP contribution < -0.4 is 0 Å². The molecule has 0 N–H and O–H groups in total. The van der Waals surface area contributed by atoms with Gasteiger partial charge in [0.25, 0.3) is 0 Å². The van der Waals surface area contributed by atoms with Gasteiger partial charge in [0.05, 0.1) is 9.79 Å². The minimum absolute atomic E-state index is 0.0313. The Kier molecular flexibility index (Phi) is 6.93. The third kappa shape index (κ3) is 5.34. The van der Waals surface area contributed by atoms with Gasteiger partial charge in [-0.3, -0.25) is 4.79 Å². The molecule has 0 saturated carbocycles. The van der Waals surface area contributed by atoms with E-state index in [9.17, 15) is 13.2 Å². The largest absolute Gasteiger partial charge is 0.337 e. The van der Waals surface area contributed by atoms with Crippen LogP contribution in [0.2, 0.25) is 0 Å². The normalized spacial score (nSPS) is 11.5. The van der Waals surface area contributed by atoms with Gasteiger partial charge < -0.3 is 9.47 Å². The highest BCUT2D eigenvalue weighted by Gasteiger charge is 2.25. The van der Waals surface area contributed by atoms with E-state index in [1.165, 1.54) is 0 Å². The number of amides is 1. The summed E-state index contributed by atoms with van der Waals surface area (Å²) in [7, 11) is -3.76. The van der Waals surface area contributed by atoms with Gasteiger partial charge in [-0.25, -0.2) is 8.42 Å². The van der Waals surface area contributed by atoms with E-state index in [1.807, 2.05) is 90.7 Å². The zero-order valence-electron chi connectivity index (χ0n) is 20.6. The maximum atomic E-state index is 13.7. The van der Waals surface area contributed by atoms with Crippen LogP contribution in [0.5, 0.6) is 0 Å². The van der Waals surface area contributed by atoms with Crippen molar-refractivity contribution in [2.24, 2.45) is 0 Å². The number of sulfone groups is 1. The summed E-state index contributed by atoms with van der Waals surface area (Å²) in [6.45, 7) is 2.87. The van der Waals surface area contributed by atoms with Crippen LogP contribution in [0.15, 0.2) is 125 Å². The van der Waals surface area contributed by atoms with Gasteiger partial charge in [-0.15, -0.1) is 0 Å². The Labute approximate surface area is 217 Å². The first-order valence-corrected chi connectivity index (χ1v) is 13.7. The van der Waals surface area contributed by atoms with Crippen LogP contribution in [0, 0.1) is 6.92 Å². The Morgan fingerprint density at radius 2 is 1.27 bits per heavy atom. The number of carbonyl (C=O) groups excluding carboxylic acids is 1. The molecule has 0 atom stereocenters. The Morgan fingerprint density at radius 1 is 0.730 bits per heavy atom. The number of para-hydroxylation sites is 1. The Balaban J connectivity index is 1.49. The number of hydrogen-bond acceptors (Lipinski definition) is 3. The van der Waals surface area contributed by atoms with E-state index in [2.05, 4.69) is 0 Å². The Bertz CT molecular complexity index is 1580. The second kappa shape index (κ2) is 10.4. The summed E-state index contributed by atoms with van der Waals surface area (Å²) in [5, 5.41) is 0.605. The van der Waals surface area contributed by atoms with Gasteiger partial charge in [0.2, 0.25) is 15.7 Å². The summed E-state index contributed by atoms with van der Waals surface area (Å²) in [6, 6.07) is 33.9. The highest BCUT2D eigenvalue weighted by molar-refractivity contribution is 7.91. The lowest BCUT2D eigenvalue weighted by Crippen LogP contribution is -2.32. The van der Waals surface area contributed by atoms with Crippen molar-refractivity contribution in [3.05, 3.63) is 132 Å². The summed E-state index contributed by atoms with van der Waals surface area (Å²) in [4.78, 5) is 15.9. The molecule has 0 fully saturated rings. The Hall–Kier alpha value is -4.16. The third-order valence-electron chi connectivity index (χ3n) is 6.46. The fourth-order valence-corrected chi connectivity index (χ4v) is 5.96. The molecule has 5 aromatic rings. The van der Waals surface area contributed by atoms with E-state index >= 15 is 0 Å². The SMILES string of the molecule is Cc1ccc(S(=O)(=O)c2cn(CC(=O)N(Cc3ccccc3)Cc3ccccc3)c3ccccc23)cc1. The van der Waals surface area contributed by atoms with E-state index in [4.69, 9.17) is 0 Å². The maximum Gasteiger partial charge on any atom is 0.243 e. The van der Waals surface area contributed by atoms with Gasteiger partial charge >= 0.3 is 0 Å². The molecule has 0 spiro atoms. The van der Waals surface area contributed by atoms with E-state index in [1.54, 1.807) is 41.1 Å². The predicted molar refractivity (Wildman–Crippen MR) is 146 cm³/mol. The standard InChI is InChI=1S/C31H28N2O3S/c1-24-16-18-27(19-17-24)37(35,36)30-22-32(29-15-9-8-14-28(29)30)23-31(34)33(20-25-10-4-2-5-11-25)21-26-12-6-3-7-13-26/h2-19,22H,20-21,23H2,1H3. The molecule has 4 aromatic carbocycles. The molecule has 0 radical (unpaired) electrons. The number of benzene rings is 4. The molecule has 5 rings (SSSR count). The molecule has 0 aliphatic heterocycles. The van der Waals surface area contributed by atoms with Crippen LogP contribution in [0.4, 0.5) is 0 Å². The second-order valence-electron chi connectivity index (χ2n) is 9.18. The fraction of sp³-hybridized carbons (Fsp3) is 0.129. The number of hydrogen-bond donors (Lipinski definition) is 0. The summed E-state index contributed by atoms with van der Waals surface area (Å²) >= 11 is 0. The second-order valence-corrected chi connectivity index (χ2v) is 11.1. The van der Waals surface area contributed by atoms with E-state index in [0.717, 1.165) is 16.7 Å². The summed E-state index contributed by atoms with van der Waals surface area (Å²) in [6.07, 6.45) is 1.60. The van der Waals surface area contributed by atoms with E-state index < -0.39 is 9.84 Å². The molecule has 5 nitrogen and oxygen atoms in total. The van der Waals surface area contributed by atoms with Crippen LogP contribution in [-0.4, -0.2) is 23.8 Å². The maximum absolute atomic E-state index is 13.7. The van der Waals surface area contributed by atoms with Crippen LogP contribution in [0.25, 0.3) is 10.9 Å². The lowest BCUT2D eigenvalue weighted by Gasteiger charge is -2.23. The molecular weight excluding hydrogens is 480 g/mol. The molecule has 0 saturated heterocycles. The van der Waals surface area contributed by atoms with Crippen LogP contribution in [-0.2, 0) is 34.3 Å². The average molecular weight is 509 g/mol. The first-order chi connectivity index (χ1) is 17.9. The monoisotopic (exact) mass is 508 g/mol. The molecule has 1 amide bonds. The first kappa shape index (κ1) is 24.5. The van der Waals surface area contributed by atoms with E-state index in [-0.39, 0.29) is 22.2 Å². The zero-order valence-corrected chi connectivity index (χ0v) is 21.4. The molecule has 6 heteroatoms. The number of aromatic nitrogens is 1. The molecule has 0 aliphatic rings. The van der Waals surface area contributed by atoms with Crippen molar-refractivity contribution in [2.45, 2.75) is 36.3 Å². The summed E-state index contributed by atoms with van der Waals surface area (Å²) < 4.78 is 28.9. The van der Waals surface area contributed by atoms with Gasteiger partial charge in [0.15, 0.2) is 0 Å². The van der Waals surface area contributed by atoms with Gasteiger partial charge in [-0.2, -0.15) is 0 Å². The summed E-state index contributed by atoms with van der Waals surface area (Å²) in [5.74, 6) is -0.0901. The van der Waals surface area contributed by atoms with Gasteiger partial charge in [-0.05, 0) is 36.2 Å². The van der Waals surface area contributed by atoms with Gasteiger partial charge in [0, 0.05) is 30.2 Å². The molecule has 1 heterocycles. The molecule has 0 bridgehead atoms. The number of rotatable bonds is 8. The molecule has 0 unspecified atom stereocenters. The van der Waals surface area contributed by atoms with Crippen molar-refractivity contribution < 1.29 is 13.2 Å². The van der Waals surface area contributed by atoms with Crippen molar-refractivity contribution >= 4 is 26.6 Å². The average Bonchev–Trinajstić information content (AvgIpc) is 3.29. The summed E-state index contributed by atoms with van der Waals surface area (Å²) in [5.41, 5.74) is 3.77. The fourth-order valence-electron chi connectivity index (χ4n) is 4.49. The third-order valence-corrected chi connectivity index (χ3v) is 8.26. The Morgan fingerprint density at radius 3 is 1.86 bits per heavy atom. The minimum atomic E-state index is -3.76. The topological polar surface area (TPSA) is 59.4 Å². The lowest BCUT2D eigenvalue weighted by atomic mass is 10.1. The van der Waals surface area contributed by atoms with Gasteiger partial charge in [0.1, 0.15) is 6.54 Å². The zero-order chi connectivity index (χ0) is 25.8. The van der Waals surface area contributed by atoms with E-state index in [0.29, 0.717) is 24.0 Å². The number of carbonyl (C=O) groups is 1. The number of nitrogens with zero attached hydrogens (tertiary/aromatic N) is 2. The van der Waals surface area contributed by atoms with Crippen LogP contribution in [0.3, 0.4) is 0 Å². The van der Waals surface area contributed by atoms with Crippen molar-refractivity contribution in [1.82, 2.24) is 9.47 Å². The quantitative estimate of drug-likeness (QED) is 0.258. The smallest absolute Gasteiger partial charge is 0.243 e. The first-order valence-electron chi connectivity index (χ1n) is 12.2. The highest BCUT2D eigenvalue weighted by Crippen LogP contribution is 2.30. The van der Waals surface area contributed by atoms with Crippen molar-refractivity contribution in [2.75, 3.05) is 0 Å². The number of aryl methyl sites for hydroxylation is 1. The molecule has 37 heavy (non-hydrogen) atoms. The van der Waals surface area contributed by atoms with Crippen molar-refractivity contribution in [1.29, 1.82) is 0 Å². The minimum Gasteiger partial charge on any atom is -0.337 e. The molecule has 186 valence electrons. The highest BCUT2D eigenvalue weighted by atomic mass is 32.2. The molecule has 1 aromatic heterocycles. The van der Waals surface area contributed by atoms with Gasteiger partial charge in [-0.1, -0.05) is 96.6 Å². The van der Waals surface area contributed by atoms with Crippen molar-refractivity contribution in [3.8, 4) is 0 Å². The lowest BCUT2D eigenvalue weighted by molar-refractivity contribution is -0.133.